The van der Waals surface area contributed by atoms with Gasteiger partial charge in [0.15, 0.2) is 11.8 Å². The van der Waals surface area contributed by atoms with E-state index in [0.717, 1.165) is 55.1 Å². The molecule has 1 aromatic carbocycles. The first-order valence-electron chi connectivity index (χ1n) is 10.4. The molecule has 29 heavy (non-hydrogen) atoms. The number of nitrogens with one attached hydrogen (secondary N) is 3. The average molecular weight is 399 g/mol. The van der Waals surface area contributed by atoms with Crippen LogP contribution in [0.4, 0.5) is 0 Å². The van der Waals surface area contributed by atoms with Gasteiger partial charge in [-0.15, -0.1) is 0 Å². The molecule has 1 aliphatic carbocycles. The molecule has 0 bridgehead atoms. The zero-order chi connectivity index (χ0) is 20.5. The number of aromatic nitrogens is 2. The molecule has 0 saturated heterocycles. The zero-order valence-electron chi connectivity index (χ0n) is 17.2. The number of carbonyl (C=O) groups is 1. The summed E-state index contributed by atoms with van der Waals surface area (Å²) in [5.41, 5.74) is 1.95. The van der Waals surface area contributed by atoms with Crippen LogP contribution in [0.15, 0.2) is 33.8 Å². The molecule has 1 fully saturated rings. The second kappa shape index (κ2) is 10.6. The molecule has 8 nitrogen and oxygen atoms in total. The SMILES string of the molecule is CCCc1noc(-c2cccc(CN=C(NCC)NCCNC(=O)C3CC3)c2)n1. The molecule has 3 N–H and O–H groups in total. The van der Waals surface area contributed by atoms with Crippen molar-refractivity contribution in [3.8, 4) is 11.5 Å². The van der Waals surface area contributed by atoms with Crippen LogP contribution in [-0.4, -0.2) is 41.6 Å². The first-order chi connectivity index (χ1) is 14.2. The predicted octanol–water partition coefficient (Wildman–Crippen LogP) is 2.27. The number of benzene rings is 1. The highest BCUT2D eigenvalue weighted by molar-refractivity contribution is 5.81. The maximum atomic E-state index is 11.7. The zero-order valence-corrected chi connectivity index (χ0v) is 17.2. The van der Waals surface area contributed by atoms with Gasteiger partial charge < -0.3 is 20.5 Å². The van der Waals surface area contributed by atoms with Gasteiger partial charge in [0.1, 0.15) is 0 Å². The van der Waals surface area contributed by atoms with Crippen LogP contribution in [0.5, 0.6) is 0 Å². The summed E-state index contributed by atoms with van der Waals surface area (Å²) in [5.74, 6) is 2.39. The molecule has 1 aromatic heterocycles. The van der Waals surface area contributed by atoms with E-state index in [-0.39, 0.29) is 11.8 Å². The van der Waals surface area contributed by atoms with E-state index in [1.807, 2.05) is 31.2 Å². The standard InChI is InChI=1S/C21H30N6O2/c1-3-6-18-26-20(29-27-18)17-8-5-7-15(13-17)14-25-21(22-4-2)24-12-11-23-19(28)16-9-10-16/h5,7-8,13,16H,3-4,6,9-12,14H2,1-2H3,(H,23,28)(H2,22,24,25). The van der Waals surface area contributed by atoms with Crippen molar-refractivity contribution in [1.82, 2.24) is 26.1 Å². The fourth-order valence-corrected chi connectivity index (χ4v) is 2.87. The van der Waals surface area contributed by atoms with Gasteiger partial charge in [-0.05, 0) is 43.9 Å². The number of aliphatic imine (C=N–C) groups is 1. The highest BCUT2D eigenvalue weighted by Crippen LogP contribution is 2.28. The van der Waals surface area contributed by atoms with Gasteiger partial charge in [-0.1, -0.05) is 24.2 Å². The maximum absolute atomic E-state index is 11.7. The monoisotopic (exact) mass is 398 g/mol. The van der Waals surface area contributed by atoms with E-state index < -0.39 is 0 Å². The van der Waals surface area contributed by atoms with Crippen molar-refractivity contribution >= 4 is 11.9 Å². The summed E-state index contributed by atoms with van der Waals surface area (Å²) in [4.78, 5) is 20.7. The van der Waals surface area contributed by atoms with Crippen LogP contribution < -0.4 is 16.0 Å². The van der Waals surface area contributed by atoms with Crippen molar-refractivity contribution in [1.29, 1.82) is 0 Å². The van der Waals surface area contributed by atoms with E-state index in [2.05, 4.69) is 38.0 Å². The smallest absolute Gasteiger partial charge is 0.257 e. The fraction of sp³-hybridized carbons (Fsp3) is 0.524. The molecule has 2 aromatic rings. The summed E-state index contributed by atoms with van der Waals surface area (Å²) in [6, 6.07) is 7.97. The Morgan fingerprint density at radius 3 is 2.79 bits per heavy atom. The molecule has 1 heterocycles. The third kappa shape index (κ3) is 6.58. The van der Waals surface area contributed by atoms with Crippen molar-refractivity contribution in [2.24, 2.45) is 10.9 Å². The number of amides is 1. The quantitative estimate of drug-likeness (QED) is 0.322. The van der Waals surface area contributed by atoms with E-state index in [9.17, 15) is 4.79 Å². The molecule has 8 heteroatoms. The molecule has 1 saturated carbocycles. The third-order valence-electron chi connectivity index (χ3n) is 4.54. The number of nitrogens with zero attached hydrogens (tertiary/aromatic N) is 3. The Bertz CT molecular complexity index is 828. The van der Waals surface area contributed by atoms with E-state index in [1.165, 1.54) is 0 Å². The number of hydrogen-bond donors (Lipinski definition) is 3. The van der Waals surface area contributed by atoms with E-state index in [1.54, 1.807) is 0 Å². The summed E-state index contributed by atoms with van der Waals surface area (Å²) >= 11 is 0. The molecule has 0 aliphatic heterocycles. The third-order valence-corrected chi connectivity index (χ3v) is 4.54. The van der Waals surface area contributed by atoms with Crippen LogP contribution in [0.3, 0.4) is 0 Å². The Morgan fingerprint density at radius 2 is 2.03 bits per heavy atom. The maximum Gasteiger partial charge on any atom is 0.257 e. The van der Waals surface area contributed by atoms with Crippen LogP contribution in [0.1, 0.15) is 44.5 Å². The molecular weight excluding hydrogens is 368 g/mol. The second-order valence-corrected chi connectivity index (χ2v) is 7.15. The summed E-state index contributed by atoms with van der Waals surface area (Å²) in [7, 11) is 0. The highest BCUT2D eigenvalue weighted by atomic mass is 16.5. The molecule has 0 radical (unpaired) electrons. The molecule has 3 rings (SSSR count). The molecule has 1 amide bonds. The van der Waals surface area contributed by atoms with Crippen molar-refractivity contribution in [3.63, 3.8) is 0 Å². The van der Waals surface area contributed by atoms with Crippen LogP contribution in [0.25, 0.3) is 11.5 Å². The lowest BCUT2D eigenvalue weighted by molar-refractivity contribution is -0.122. The Kier molecular flexibility index (Phi) is 7.61. The highest BCUT2D eigenvalue weighted by Gasteiger charge is 2.28. The normalized spacial score (nSPS) is 13.9. The predicted molar refractivity (Wildman–Crippen MR) is 112 cm³/mol. The number of rotatable bonds is 10. The average Bonchev–Trinajstić information content (AvgIpc) is 3.48. The van der Waals surface area contributed by atoms with Crippen LogP contribution >= 0.6 is 0 Å². The van der Waals surface area contributed by atoms with E-state index in [0.29, 0.717) is 25.5 Å². The van der Waals surface area contributed by atoms with Gasteiger partial charge in [0, 0.05) is 37.5 Å². The molecular formula is C21H30N6O2. The van der Waals surface area contributed by atoms with Gasteiger partial charge in [0.2, 0.25) is 5.91 Å². The number of aryl methyl sites for hydroxylation is 1. The number of guanidine groups is 1. The van der Waals surface area contributed by atoms with Crippen molar-refractivity contribution in [2.45, 2.75) is 46.1 Å². The van der Waals surface area contributed by atoms with Crippen molar-refractivity contribution in [2.75, 3.05) is 19.6 Å². The largest absolute Gasteiger partial charge is 0.357 e. The second-order valence-electron chi connectivity index (χ2n) is 7.15. The van der Waals surface area contributed by atoms with Gasteiger partial charge in [-0.3, -0.25) is 4.79 Å². The minimum Gasteiger partial charge on any atom is -0.357 e. The van der Waals surface area contributed by atoms with Crippen LogP contribution in [0, 0.1) is 5.92 Å². The van der Waals surface area contributed by atoms with Gasteiger partial charge >= 0.3 is 0 Å². The van der Waals surface area contributed by atoms with Gasteiger partial charge in [-0.25, -0.2) is 4.99 Å². The van der Waals surface area contributed by atoms with E-state index >= 15 is 0 Å². The summed E-state index contributed by atoms with van der Waals surface area (Å²) in [6.45, 7) is 6.62. The minimum atomic E-state index is 0.161. The summed E-state index contributed by atoms with van der Waals surface area (Å²) in [5, 5.41) is 13.4. The lowest BCUT2D eigenvalue weighted by Crippen LogP contribution is -2.41. The Morgan fingerprint density at radius 1 is 1.21 bits per heavy atom. The molecule has 0 atom stereocenters. The van der Waals surface area contributed by atoms with Gasteiger partial charge in [0.05, 0.1) is 6.54 Å². The summed E-state index contributed by atoms with van der Waals surface area (Å²) in [6.07, 6.45) is 3.84. The van der Waals surface area contributed by atoms with Crippen molar-refractivity contribution in [3.05, 3.63) is 35.7 Å². The number of carbonyl (C=O) groups excluding carboxylic acids is 1. The Hall–Kier alpha value is -2.90. The topological polar surface area (TPSA) is 104 Å². The van der Waals surface area contributed by atoms with Gasteiger partial charge in [0.25, 0.3) is 5.89 Å². The summed E-state index contributed by atoms with van der Waals surface area (Å²) < 4.78 is 5.37. The molecule has 1 aliphatic rings. The van der Waals surface area contributed by atoms with Crippen LogP contribution in [0.2, 0.25) is 0 Å². The van der Waals surface area contributed by atoms with E-state index in [4.69, 9.17) is 4.52 Å². The molecule has 156 valence electrons. The minimum absolute atomic E-state index is 0.161. The molecule has 0 unspecified atom stereocenters. The number of hydrogen-bond acceptors (Lipinski definition) is 5. The lowest BCUT2D eigenvalue weighted by atomic mass is 10.1. The Balaban J connectivity index is 1.54. The lowest BCUT2D eigenvalue weighted by Gasteiger charge is -2.12. The first kappa shape index (κ1) is 20.8. The fourth-order valence-electron chi connectivity index (χ4n) is 2.87. The Labute approximate surface area is 171 Å². The van der Waals surface area contributed by atoms with Gasteiger partial charge in [-0.2, -0.15) is 4.98 Å². The van der Waals surface area contributed by atoms with Crippen LogP contribution in [-0.2, 0) is 17.8 Å². The van der Waals surface area contributed by atoms with Crippen molar-refractivity contribution < 1.29 is 9.32 Å². The molecule has 0 spiro atoms. The first-order valence-corrected chi connectivity index (χ1v) is 10.4.